The van der Waals surface area contributed by atoms with Crippen molar-refractivity contribution < 1.29 is 18.7 Å². The molecule has 0 spiro atoms. The third-order valence-electron chi connectivity index (χ3n) is 5.68. The zero-order valence-corrected chi connectivity index (χ0v) is 20.5. The van der Waals surface area contributed by atoms with Crippen LogP contribution in [0, 0.1) is 5.82 Å². The van der Waals surface area contributed by atoms with Gasteiger partial charge in [0, 0.05) is 28.7 Å². The molecule has 1 aliphatic rings. The molecule has 4 rings (SSSR count). The summed E-state index contributed by atoms with van der Waals surface area (Å²) in [6.07, 6.45) is 2.31. The van der Waals surface area contributed by atoms with Gasteiger partial charge >= 0.3 is 6.03 Å². The average Bonchev–Trinajstić information content (AvgIpc) is 3.32. The molecule has 2 aromatic carbocycles. The number of carbonyl (C=O) groups excluding carboxylic acids is 2. The van der Waals surface area contributed by atoms with Gasteiger partial charge in [-0.2, -0.15) is 0 Å². The predicted molar refractivity (Wildman–Crippen MR) is 137 cm³/mol. The van der Waals surface area contributed by atoms with Crippen molar-refractivity contribution in [3.63, 3.8) is 0 Å². The number of urea groups is 1. The predicted octanol–water partition coefficient (Wildman–Crippen LogP) is 5.77. The fourth-order valence-electron chi connectivity index (χ4n) is 3.98. The lowest BCUT2D eigenvalue weighted by atomic mass is 10.0. The molecule has 0 fully saturated rings. The molecule has 1 aromatic heterocycles. The standard InChI is InChI=1S/C26H25ClFN3O3S/c1-2-12-30(26(33)29-20-5-3-4-18(27)15-20)16-25(32)31-13-10-24-22(11-14-35-24)23(31)17-34-21-8-6-19(28)7-9-21/h2-9,11,14-15,23H,1,10,12-13,16-17H2,(H,29,33)/t23-/m0/s1. The number of thiophene rings is 1. The monoisotopic (exact) mass is 513 g/mol. The highest BCUT2D eigenvalue weighted by molar-refractivity contribution is 7.10. The van der Waals surface area contributed by atoms with Crippen molar-refractivity contribution in [2.45, 2.75) is 12.5 Å². The van der Waals surface area contributed by atoms with E-state index in [-0.39, 0.29) is 37.5 Å². The fourth-order valence-corrected chi connectivity index (χ4v) is 5.10. The maximum Gasteiger partial charge on any atom is 0.322 e. The van der Waals surface area contributed by atoms with Gasteiger partial charge in [0.25, 0.3) is 0 Å². The van der Waals surface area contributed by atoms with Crippen LogP contribution in [0.5, 0.6) is 5.75 Å². The second-order valence-electron chi connectivity index (χ2n) is 8.03. The van der Waals surface area contributed by atoms with Crippen molar-refractivity contribution in [3.05, 3.63) is 93.9 Å². The Morgan fingerprint density at radius 1 is 1.26 bits per heavy atom. The highest BCUT2D eigenvalue weighted by atomic mass is 35.5. The molecule has 0 saturated carbocycles. The minimum Gasteiger partial charge on any atom is -0.491 e. The summed E-state index contributed by atoms with van der Waals surface area (Å²) in [5, 5.41) is 5.28. The number of nitrogens with one attached hydrogen (secondary N) is 1. The summed E-state index contributed by atoms with van der Waals surface area (Å²) in [5.74, 6) is -0.0155. The van der Waals surface area contributed by atoms with Gasteiger partial charge in [0.1, 0.15) is 24.7 Å². The van der Waals surface area contributed by atoms with Crippen LogP contribution in [-0.2, 0) is 11.2 Å². The van der Waals surface area contributed by atoms with Gasteiger partial charge < -0.3 is 19.9 Å². The number of ether oxygens (including phenoxy) is 1. The van der Waals surface area contributed by atoms with Crippen LogP contribution in [0.2, 0.25) is 5.02 Å². The maximum atomic E-state index is 13.4. The number of hydrogen-bond donors (Lipinski definition) is 1. The molecule has 6 nitrogen and oxygen atoms in total. The SMILES string of the molecule is C=CCN(CC(=O)N1CCc2sccc2[C@@H]1COc1ccc(F)cc1)C(=O)Nc1cccc(Cl)c1. The van der Waals surface area contributed by atoms with Gasteiger partial charge in [0.15, 0.2) is 0 Å². The number of anilines is 1. The van der Waals surface area contributed by atoms with E-state index in [0.29, 0.717) is 23.0 Å². The molecular weight excluding hydrogens is 489 g/mol. The molecule has 3 aromatic rings. The van der Waals surface area contributed by atoms with E-state index in [9.17, 15) is 14.0 Å². The molecule has 0 aliphatic carbocycles. The van der Waals surface area contributed by atoms with Crippen LogP contribution in [-0.4, -0.2) is 48.0 Å². The van der Waals surface area contributed by atoms with Crippen LogP contribution >= 0.6 is 22.9 Å². The number of amides is 3. The van der Waals surface area contributed by atoms with E-state index >= 15 is 0 Å². The second kappa shape index (κ2) is 11.4. The van der Waals surface area contributed by atoms with Crippen molar-refractivity contribution in [2.75, 3.05) is 31.6 Å². The fraction of sp³-hybridized carbons (Fsp3) is 0.231. The lowest BCUT2D eigenvalue weighted by Gasteiger charge is -2.37. The number of carbonyl (C=O) groups is 2. The van der Waals surface area contributed by atoms with Crippen molar-refractivity contribution in [2.24, 2.45) is 0 Å². The summed E-state index contributed by atoms with van der Waals surface area (Å²) in [5.41, 5.74) is 1.57. The van der Waals surface area contributed by atoms with Crippen LogP contribution in [0.15, 0.2) is 72.6 Å². The quantitative estimate of drug-likeness (QED) is 0.389. The number of fused-ring (bicyclic) bond motifs is 1. The van der Waals surface area contributed by atoms with Gasteiger partial charge in [-0.3, -0.25) is 4.79 Å². The number of halogens is 2. The molecular formula is C26H25ClFN3O3S. The molecule has 0 bridgehead atoms. The van der Waals surface area contributed by atoms with E-state index in [1.165, 1.54) is 21.9 Å². The summed E-state index contributed by atoms with van der Waals surface area (Å²) in [6, 6.07) is 13.9. The summed E-state index contributed by atoms with van der Waals surface area (Å²) in [7, 11) is 0. The maximum absolute atomic E-state index is 13.4. The first kappa shape index (κ1) is 24.8. The zero-order chi connectivity index (χ0) is 24.8. The number of rotatable bonds is 8. The molecule has 0 saturated heterocycles. The molecule has 1 aliphatic heterocycles. The zero-order valence-electron chi connectivity index (χ0n) is 19.0. The molecule has 35 heavy (non-hydrogen) atoms. The van der Waals surface area contributed by atoms with E-state index in [1.807, 2.05) is 11.4 Å². The Kier molecular flexibility index (Phi) is 8.05. The van der Waals surface area contributed by atoms with Gasteiger partial charge in [-0.25, -0.2) is 9.18 Å². The Balaban J connectivity index is 1.48. The molecule has 0 radical (unpaired) electrons. The van der Waals surface area contributed by atoms with Crippen molar-refractivity contribution >= 4 is 40.6 Å². The molecule has 1 N–H and O–H groups in total. The van der Waals surface area contributed by atoms with Gasteiger partial charge in [-0.05, 0) is 65.9 Å². The van der Waals surface area contributed by atoms with Gasteiger partial charge in [-0.1, -0.05) is 23.7 Å². The van der Waals surface area contributed by atoms with Crippen LogP contribution in [0.1, 0.15) is 16.5 Å². The first-order chi connectivity index (χ1) is 16.9. The smallest absolute Gasteiger partial charge is 0.322 e. The lowest BCUT2D eigenvalue weighted by Crippen LogP contribution is -2.48. The normalized spacial score (nSPS) is 14.7. The van der Waals surface area contributed by atoms with Crippen LogP contribution < -0.4 is 10.1 Å². The Bertz CT molecular complexity index is 1200. The topological polar surface area (TPSA) is 61.9 Å². The van der Waals surface area contributed by atoms with Crippen molar-refractivity contribution in [1.29, 1.82) is 0 Å². The summed E-state index contributed by atoms with van der Waals surface area (Å²) in [4.78, 5) is 30.7. The van der Waals surface area contributed by atoms with E-state index in [2.05, 4.69) is 11.9 Å². The second-order valence-corrected chi connectivity index (χ2v) is 9.46. The number of nitrogens with zero attached hydrogens (tertiary/aromatic N) is 2. The number of hydrogen-bond acceptors (Lipinski definition) is 4. The Labute approximate surface area is 212 Å². The largest absolute Gasteiger partial charge is 0.491 e. The van der Waals surface area contributed by atoms with Crippen molar-refractivity contribution in [3.8, 4) is 5.75 Å². The molecule has 9 heteroatoms. The Morgan fingerprint density at radius 3 is 2.80 bits per heavy atom. The minimum atomic E-state index is -0.423. The Morgan fingerprint density at radius 2 is 2.06 bits per heavy atom. The van der Waals surface area contributed by atoms with Crippen LogP contribution in [0.25, 0.3) is 0 Å². The molecule has 1 atom stereocenters. The minimum absolute atomic E-state index is 0.120. The van der Waals surface area contributed by atoms with E-state index in [1.54, 1.807) is 58.7 Å². The third-order valence-corrected chi connectivity index (χ3v) is 6.91. The van der Waals surface area contributed by atoms with E-state index in [0.717, 1.165) is 12.0 Å². The summed E-state index contributed by atoms with van der Waals surface area (Å²) < 4.78 is 19.2. The molecule has 2 heterocycles. The number of benzene rings is 2. The highest BCUT2D eigenvalue weighted by Gasteiger charge is 2.33. The van der Waals surface area contributed by atoms with Gasteiger partial charge in [0.05, 0.1) is 6.04 Å². The molecule has 3 amide bonds. The Hall–Kier alpha value is -3.36. The first-order valence-corrected chi connectivity index (χ1v) is 12.4. The van der Waals surface area contributed by atoms with Crippen molar-refractivity contribution in [1.82, 2.24) is 9.80 Å². The highest BCUT2D eigenvalue weighted by Crippen LogP contribution is 2.34. The summed E-state index contributed by atoms with van der Waals surface area (Å²) in [6.45, 7) is 4.53. The van der Waals surface area contributed by atoms with E-state index < -0.39 is 6.03 Å². The summed E-state index contributed by atoms with van der Waals surface area (Å²) >= 11 is 7.67. The van der Waals surface area contributed by atoms with Crippen LogP contribution in [0.3, 0.4) is 0 Å². The van der Waals surface area contributed by atoms with Crippen LogP contribution in [0.4, 0.5) is 14.9 Å². The molecule has 182 valence electrons. The molecule has 0 unspecified atom stereocenters. The first-order valence-electron chi connectivity index (χ1n) is 11.1. The third kappa shape index (κ3) is 6.21. The van der Waals surface area contributed by atoms with Gasteiger partial charge in [-0.15, -0.1) is 17.9 Å². The lowest BCUT2D eigenvalue weighted by molar-refractivity contribution is -0.135. The van der Waals surface area contributed by atoms with Gasteiger partial charge in [0.2, 0.25) is 5.91 Å². The van der Waals surface area contributed by atoms with E-state index in [4.69, 9.17) is 16.3 Å². The average molecular weight is 514 g/mol.